The van der Waals surface area contributed by atoms with Crippen LogP contribution in [0.5, 0.6) is 0 Å². The zero-order chi connectivity index (χ0) is 15.2. The third-order valence-corrected chi connectivity index (χ3v) is 3.14. The Balaban J connectivity index is 2.05. The molecule has 2 N–H and O–H groups in total. The van der Waals surface area contributed by atoms with Crippen molar-refractivity contribution in [3.05, 3.63) is 46.7 Å². The van der Waals surface area contributed by atoms with Gasteiger partial charge >= 0.3 is 5.97 Å². The van der Waals surface area contributed by atoms with Crippen LogP contribution in [0.15, 0.2) is 30.6 Å². The molecule has 0 radical (unpaired) electrons. The first-order valence-electron chi connectivity index (χ1n) is 5.63. The molecular formula is C13H8N4O3S. The second kappa shape index (κ2) is 6.40. The van der Waals surface area contributed by atoms with Crippen LogP contribution in [0.1, 0.15) is 20.9 Å². The predicted octanol–water partition coefficient (Wildman–Crippen LogP) is 1.76. The normalized spacial score (nSPS) is 10.2. The first kappa shape index (κ1) is 14.4. The fourth-order valence-electron chi connectivity index (χ4n) is 1.33. The summed E-state index contributed by atoms with van der Waals surface area (Å²) in [5.41, 5.74) is 0.522. The molecule has 2 heterocycles. The van der Waals surface area contributed by atoms with Crippen LogP contribution in [0.4, 0.5) is 5.13 Å². The molecule has 0 unspecified atom stereocenters. The van der Waals surface area contributed by atoms with E-state index in [1.165, 1.54) is 30.6 Å². The maximum atomic E-state index is 11.9. The summed E-state index contributed by atoms with van der Waals surface area (Å²) in [5, 5.41) is 20.0. The molecule has 7 nitrogen and oxygen atoms in total. The fraction of sp³-hybridized carbons (Fsp3) is 0. The maximum absolute atomic E-state index is 11.9. The quantitative estimate of drug-likeness (QED) is 0.831. The molecule has 2 aromatic rings. The lowest BCUT2D eigenvalue weighted by molar-refractivity contribution is -0.131. The second-order valence-electron chi connectivity index (χ2n) is 3.74. The number of hydrogen-bond donors (Lipinski definition) is 2. The van der Waals surface area contributed by atoms with Crippen LogP contribution in [0.25, 0.3) is 6.08 Å². The van der Waals surface area contributed by atoms with Gasteiger partial charge in [0.25, 0.3) is 5.91 Å². The number of anilines is 1. The summed E-state index contributed by atoms with van der Waals surface area (Å²) in [6.07, 6.45) is 5.13. The fourth-order valence-corrected chi connectivity index (χ4v) is 2.04. The maximum Gasteiger partial charge on any atom is 0.328 e. The molecule has 2 aromatic heterocycles. The number of thiazole rings is 1. The van der Waals surface area contributed by atoms with Crippen LogP contribution in [0.3, 0.4) is 0 Å². The SMILES string of the molecule is N#Cc1ccc(C(=O)Nc2ncc(C=CC(=O)O)s2)nc1. The Labute approximate surface area is 123 Å². The first-order chi connectivity index (χ1) is 10.1. The molecule has 104 valence electrons. The number of rotatable bonds is 4. The van der Waals surface area contributed by atoms with E-state index in [1.54, 1.807) is 0 Å². The topological polar surface area (TPSA) is 116 Å². The number of carbonyl (C=O) groups is 2. The minimum Gasteiger partial charge on any atom is -0.478 e. The van der Waals surface area contributed by atoms with E-state index in [2.05, 4.69) is 15.3 Å². The molecule has 8 heteroatoms. The largest absolute Gasteiger partial charge is 0.478 e. The summed E-state index contributed by atoms with van der Waals surface area (Å²) < 4.78 is 0. The van der Waals surface area contributed by atoms with Gasteiger partial charge in [-0.1, -0.05) is 11.3 Å². The molecule has 0 bridgehead atoms. The van der Waals surface area contributed by atoms with Crippen molar-refractivity contribution in [2.45, 2.75) is 0 Å². The highest BCUT2D eigenvalue weighted by atomic mass is 32.1. The van der Waals surface area contributed by atoms with Crippen molar-refractivity contribution >= 4 is 34.4 Å². The number of hydrogen-bond acceptors (Lipinski definition) is 6. The lowest BCUT2D eigenvalue weighted by atomic mass is 10.2. The van der Waals surface area contributed by atoms with Crippen molar-refractivity contribution in [2.75, 3.05) is 5.32 Å². The Hall–Kier alpha value is -3.05. The van der Waals surface area contributed by atoms with Gasteiger partial charge in [-0.25, -0.2) is 14.8 Å². The van der Waals surface area contributed by atoms with E-state index in [9.17, 15) is 9.59 Å². The number of pyridine rings is 1. The van der Waals surface area contributed by atoms with Gasteiger partial charge in [0, 0.05) is 23.3 Å². The van der Waals surface area contributed by atoms with Crippen LogP contribution in [-0.2, 0) is 4.79 Å². The van der Waals surface area contributed by atoms with Crippen LogP contribution in [-0.4, -0.2) is 27.0 Å². The van der Waals surface area contributed by atoms with Crippen molar-refractivity contribution < 1.29 is 14.7 Å². The highest BCUT2D eigenvalue weighted by molar-refractivity contribution is 7.16. The lowest BCUT2D eigenvalue weighted by Crippen LogP contribution is -2.13. The van der Waals surface area contributed by atoms with Crippen LogP contribution in [0.2, 0.25) is 0 Å². The van der Waals surface area contributed by atoms with Gasteiger partial charge in [-0.05, 0) is 18.2 Å². The smallest absolute Gasteiger partial charge is 0.328 e. The van der Waals surface area contributed by atoms with Crippen LogP contribution in [0, 0.1) is 11.3 Å². The molecule has 0 atom stereocenters. The number of carboxylic acids is 1. The van der Waals surface area contributed by atoms with E-state index in [0.29, 0.717) is 15.6 Å². The molecule has 0 aliphatic heterocycles. The molecule has 0 saturated carbocycles. The zero-order valence-corrected chi connectivity index (χ0v) is 11.3. The predicted molar refractivity (Wildman–Crippen MR) is 75.7 cm³/mol. The average Bonchev–Trinajstić information content (AvgIpc) is 2.92. The van der Waals surface area contributed by atoms with E-state index >= 15 is 0 Å². The molecule has 0 spiro atoms. The van der Waals surface area contributed by atoms with Gasteiger partial charge in [0.2, 0.25) is 0 Å². The number of nitrogens with zero attached hydrogens (tertiary/aromatic N) is 3. The van der Waals surface area contributed by atoms with E-state index in [-0.39, 0.29) is 5.69 Å². The van der Waals surface area contributed by atoms with Crippen molar-refractivity contribution in [1.29, 1.82) is 5.26 Å². The Kier molecular flexibility index (Phi) is 4.38. The number of carbonyl (C=O) groups excluding carboxylic acids is 1. The monoisotopic (exact) mass is 300 g/mol. The highest BCUT2D eigenvalue weighted by Crippen LogP contribution is 2.19. The van der Waals surface area contributed by atoms with Gasteiger partial charge < -0.3 is 5.11 Å². The molecule has 0 saturated heterocycles. The van der Waals surface area contributed by atoms with E-state index in [0.717, 1.165) is 17.4 Å². The van der Waals surface area contributed by atoms with E-state index in [1.807, 2.05) is 6.07 Å². The van der Waals surface area contributed by atoms with E-state index in [4.69, 9.17) is 10.4 Å². The summed E-state index contributed by atoms with van der Waals surface area (Å²) in [5.74, 6) is -1.52. The molecule has 0 aromatic carbocycles. The lowest BCUT2D eigenvalue weighted by Gasteiger charge is -2.00. The third-order valence-electron chi connectivity index (χ3n) is 2.26. The van der Waals surface area contributed by atoms with E-state index < -0.39 is 11.9 Å². The summed E-state index contributed by atoms with van der Waals surface area (Å²) in [6, 6.07) is 4.84. The number of nitrogens with one attached hydrogen (secondary N) is 1. The number of amides is 1. The Morgan fingerprint density at radius 2 is 2.14 bits per heavy atom. The number of aromatic nitrogens is 2. The Bertz CT molecular complexity index is 744. The molecule has 0 fully saturated rings. The highest BCUT2D eigenvalue weighted by Gasteiger charge is 2.10. The summed E-state index contributed by atoms with van der Waals surface area (Å²) in [4.78, 5) is 30.7. The number of aliphatic carboxylic acids is 1. The zero-order valence-electron chi connectivity index (χ0n) is 10.5. The van der Waals surface area contributed by atoms with Crippen molar-refractivity contribution in [3.63, 3.8) is 0 Å². The van der Waals surface area contributed by atoms with Crippen molar-refractivity contribution in [3.8, 4) is 6.07 Å². The number of carboxylic acid groups (broad SMARTS) is 1. The van der Waals surface area contributed by atoms with Crippen LogP contribution >= 0.6 is 11.3 Å². The molecule has 0 aliphatic carbocycles. The summed E-state index contributed by atoms with van der Waals surface area (Å²) >= 11 is 1.13. The summed E-state index contributed by atoms with van der Waals surface area (Å²) in [6.45, 7) is 0. The molecule has 1 amide bonds. The summed E-state index contributed by atoms with van der Waals surface area (Å²) in [7, 11) is 0. The molecule has 2 rings (SSSR count). The minimum absolute atomic E-state index is 0.159. The molecular weight excluding hydrogens is 292 g/mol. The first-order valence-corrected chi connectivity index (χ1v) is 6.44. The Morgan fingerprint density at radius 3 is 2.76 bits per heavy atom. The molecule has 21 heavy (non-hydrogen) atoms. The van der Waals surface area contributed by atoms with Gasteiger partial charge in [-0.15, -0.1) is 0 Å². The molecule has 0 aliphatic rings. The number of nitriles is 1. The van der Waals surface area contributed by atoms with Gasteiger partial charge in [0.1, 0.15) is 11.8 Å². The van der Waals surface area contributed by atoms with Crippen molar-refractivity contribution in [1.82, 2.24) is 9.97 Å². The second-order valence-corrected chi connectivity index (χ2v) is 4.80. The average molecular weight is 300 g/mol. The van der Waals surface area contributed by atoms with Gasteiger partial charge in [-0.2, -0.15) is 5.26 Å². The standard InChI is InChI=1S/C13H8N4O3S/c14-5-8-1-3-10(15-6-8)12(20)17-13-16-7-9(21-13)2-4-11(18)19/h1-4,6-7H,(H,18,19)(H,16,17,20). The van der Waals surface area contributed by atoms with Crippen LogP contribution < -0.4 is 5.32 Å². The van der Waals surface area contributed by atoms with Crippen molar-refractivity contribution in [2.24, 2.45) is 0 Å². The van der Waals surface area contributed by atoms with Gasteiger partial charge in [0.15, 0.2) is 5.13 Å². The van der Waals surface area contributed by atoms with Gasteiger partial charge in [0.05, 0.1) is 5.56 Å². The minimum atomic E-state index is -1.06. The van der Waals surface area contributed by atoms with Gasteiger partial charge in [-0.3, -0.25) is 10.1 Å². The third kappa shape index (κ3) is 3.95. The Morgan fingerprint density at radius 1 is 1.33 bits per heavy atom.